The van der Waals surface area contributed by atoms with E-state index in [-0.39, 0.29) is 6.04 Å². The highest BCUT2D eigenvalue weighted by atomic mass is 79.9. The molecule has 0 radical (unpaired) electrons. The topological polar surface area (TPSA) is 37.4 Å². The lowest BCUT2D eigenvalue weighted by atomic mass is 10.0. The number of halogens is 1. The molecule has 1 aromatic carbocycles. The number of aryl methyl sites for hydroxylation is 1. The van der Waals surface area contributed by atoms with E-state index in [2.05, 4.69) is 47.1 Å². The minimum Gasteiger partial charge on any atom is -0.206 e. The van der Waals surface area contributed by atoms with E-state index in [4.69, 9.17) is 0 Å². The quantitative estimate of drug-likeness (QED) is 0.699. The summed E-state index contributed by atoms with van der Waals surface area (Å²) < 4.78 is 29.2. The summed E-state index contributed by atoms with van der Waals surface area (Å²) in [5.41, 5.74) is 2.29. The largest absolute Gasteiger partial charge is 0.253 e. The summed E-state index contributed by atoms with van der Waals surface area (Å²) in [7, 11) is -3.45. The molecule has 1 aliphatic rings. The maximum atomic E-state index is 13.1. The first kappa shape index (κ1) is 17.1. The van der Waals surface area contributed by atoms with Crippen molar-refractivity contribution in [2.24, 2.45) is 0 Å². The van der Waals surface area contributed by atoms with Crippen LogP contribution in [-0.4, -0.2) is 19.3 Å². The van der Waals surface area contributed by atoms with Crippen molar-refractivity contribution in [2.45, 2.75) is 42.9 Å². The normalized spacial score (nSPS) is 20.3. The van der Waals surface area contributed by atoms with Crippen molar-refractivity contribution in [3.63, 3.8) is 0 Å². The predicted molar refractivity (Wildman–Crippen MR) is 98.3 cm³/mol. The van der Waals surface area contributed by atoms with Gasteiger partial charge in [0, 0.05) is 6.54 Å². The molecule has 2 aromatic rings. The summed E-state index contributed by atoms with van der Waals surface area (Å²) in [6.07, 6.45) is 3.96. The summed E-state index contributed by atoms with van der Waals surface area (Å²) in [5, 5.41) is 0. The van der Waals surface area contributed by atoms with Crippen LogP contribution in [-0.2, 0) is 10.0 Å². The lowest BCUT2D eigenvalue weighted by molar-refractivity contribution is 0.329. The van der Waals surface area contributed by atoms with Crippen molar-refractivity contribution in [1.29, 1.82) is 0 Å². The Hall–Kier alpha value is -0.690. The second-order valence-electron chi connectivity index (χ2n) is 5.95. The Balaban J connectivity index is 2.00. The van der Waals surface area contributed by atoms with E-state index in [0.29, 0.717) is 10.8 Å². The summed E-state index contributed by atoms with van der Waals surface area (Å²) in [6.45, 7) is 2.64. The van der Waals surface area contributed by atoms with Crippen LogP contribution in [0.3, 0.4) is 0 Å². The van der Waals surface area contributed by atoms with Crippen LogP contribution in [0.4, 0.5) is 0 Å². The van der Waals surface area contributed by atoms with Crippen LogP contribution in [0.15, 0.2) is 44.4 Å². The summed E-state index contributed by atoms with van der Waals surface area (Å²) in [5.74, 6) is 0. The standard InChI is InChI=1S/C17H20BrNO2S2/c1-13-6-8-14(9-7-13)15-5-3-2-4-12-19(15)23(20,21)17-11-10-16(18)22-17/h6-11,15H,2-5,12H2,1H3/t15-/m1/s1. The minimum absolute atomic E-state index is 0.0658. The van der Waals surface area contributed by atoms with Gasteiger partial charge in [0.1, 0.15) is 4.21 Å². The third-order valence-corrected chi connectivity index (χ3v) is 8.28. The molecule has 0 bridgehead atoms. The maximum absolute atomic E-state index is 13.1. The van der Waals surface area contributed by atoms with Crippen molar-refractivity contribution in [3.8, 4) is 0 Å². The zero-order chi connectivity index (χ0) is 16.4. The Morgan fingerprint density at radius 3 is 2.48 bits per heavy atom. The molecular weight excluding hydrogens is 394 g/mol. The lowest BCUT2D eigenvalue weighted by Gasteiger charge is -2.29. The van der Waals surface area contributed by atoms with Crippen LogP contribution in [0, 0.1) is 6.92 Å². The van der Waals surface area contributed by atoms with E-state index in [1.807, 2.05) is 0 Å². The molecular formula is C17H20BrNO2S2. The molecule has 6 heteroatoms. The monoisotopic (exact) mass is 413 g/mol. The average Bonchev–Trinajstić information content (AvgIpc) is 2.82. The highest BCUT2D eigenvalue weighted by Gasteiger charge is 2.34. The fourth-order valence-electron chi connectivity index (χ4n) is 3.04. The molecule has 3 nitrogen and oxygen atoms in total. The van der Waals surface area contributed by atoms with Crippen LogP contribution in [0.2, 0.25) is 0 Å². The Morgan fingerprint density at radius 2 is 1.83 bits per heavy atom. The summed E-state index contributed by atoms with van der Waals surface area (Å²) in [4.78, 5) is 0. The molecule has 0 amide bonds. The zero-order valence-corrected chi connectivity index (χ0v) is 16.3. The fourth-order valence-corrected chi connectivity index (χ4v) is 6.86. The molecule has 1 aromatic heterocycles. The molecule has 124 valence electrons. The summed E-state index contributed by atoms with van der Waals surface area (Å²) in [6, 6.07) is 11.7. The van der Waals surface area contributed by atoms with E-state index >= 15 is 0 Å². The van der Waals surface area contributed by atoms with Crippen LogP contribution in [0.5, 0.6) is 0 Å². The molecule has 23 heavy (non-hydrogen) atoms. The van der Waals surface area contributed by atoms with Gasteiger partial charge in [-0.05, 0) is 53.4 Å². The smallest absolute Gasteiger partial charge is 0.206 e. The minimum atomic E-state index is -3.45. The van der Waals surface area contributed by atoms with Gasteiger partial charge in [-0.15, -0.1) is 11.3 Å². The van der Waals surface area contributed by atoms with Crippen molar-refractivity contribution >= 4 is 37.3 Å². The molecule has 0 aliphatic carbocycles. The molecule has 0 saturated carbocycles. The molecule has 1 aliphatic heterocycles. The Bertz CT molecular complexity index is 768. The third kappa shape index (κ3) is 3.71. The van der Waals surface area contributed by atoms with Gasteiger partial charge in [-0.3, -0.25) is 0 Å². The van der Waals surface area contributed by atoms with Crippen LogP contribution >= 0.6 is 27.3 Å². The van der Waals surface area contributed by atoms with Crippen LogP contribution in [0.25, 0.3) is 0 Å². The van der Waals surface area contributed by atoms with Gasteiger partial charge in [-0.1, -0.05) is 42.7 Å². The molecule has 1 fully saturated rings. The van der Waals surface area contributed by atoms with Crippen molar-refractivity contribution in [1.82, 2.24) is 4.31 Å². The number of nitrogens with zero attached hydrogens (tertiary/aromatic N) is 1. The van der Waals surface area contributed by atoms with E-state index in [1.54, 1.807) is 16.4 Å². The lowest BCUT2D eigenvalue weighted by Crippen LogP contribution is -2.34. The second-order valence-corrected chi connectivity index (χ2v) is 10.5. The van der Waals surface area contributed by atoms with E-state index in [0.717, 1.165) is 35.0 Å². The maximum Gasteiger partial charge on any atom is 0.253 e. The first-order chi connectivity index (χ1) is 11.0. The van der Waals surface area contributed by atoms with Gasteiger partial charge in [0.25, 0.3) is 10.0 Å². The highest BCUT2D eigenvalue weighted by molar-refractivity contribution is 9.11. The highest BCUT2D eigenvalue weighted by Crippen LogP contribution is 2.37. The molecule has 2 heterocycles. The number of benzene rings is 1. The molecule has 1 saturated heterocycles. The molecule has 0 unspecified atom stereocenters. The number of rotatable bonds is 3. The zero-order valence-electron chi connectivity index (χ0n) is 13.0. The van der Waals surface area contributed by atoms with Gasteiger partial charge in [0.05, 0.1) is 9.83 Å². The first-order valence-electron chi connectivity index (χ1n) is 7.82. The van der Waals surface area contributed by atoms with Gasteiger partial charge in [-0.25, -0.2) is 8.42 Å². The van der Waals surface area contributed by atoms with Crippen LogP contribution in [0.1, 0.15) is 42.9 Å². The first-order valence-corrected chi connectivity index (χ1v) is 10.9. The van der Waals surface area contributed by atoms with Gasteiger partial charge >= 0.3 is 0 Å². The molecule has 1 atom stereocenters. The molecule has 0 N–H and O–H groups in total. The van der Waals surface area contributed by atoms with E-state index in [1.165, 1.54) is 16.9 Å². The van der Waals surface area contributed by atoms with Gasteiger partial charge in [0.15, 0.2) is 0 Å². The fraction of sp³-hybridized carbons (Fsp3) is 0.412. The van der Waals surface area contributed by atoms with Gasteiger partial charge < -0.3 is 0 Å². The Kier molecular flexibility index (Phi) is 5.26. The SMILES string of the molecule is Cc1ccc([C@H]2CCCCCN2S(=O)(=O)c2ccc(Br)s2)cc1. The second kappa shape index (κ2) is 7.05. The van der Waals surface area contributed by atoms with Crippen molar-refractivity contribution in [2.75, 3.05) is 6.54 Å². The van der Waals surface area contributed by atoms with Crippen molar-refractivity contribution in [3.05, 3.63) is 51.3 Å². The number of hydrogen-bond acceptors (Lipinski definition) is 3. The number of hydrogen-bond donors (Lipinski definition) is 0. The van der Waals surface area contributed by atoms with E-state index < -0.39 is 10.0 Å². The molecule has 0 spiro atoms. The number of sulfonamides is 1. The Labute approximate surface area is 150 Å². The van der Waals surface area contributed by atoms with Gasteiger partial charge in [-0.2, -0.15) is 4.31 Å². The summed E-state index contributed by atoms with van der Waals surface area (Å²) >= 11 is 4.65. The third-order valence-electron chi connectivity index (χ3n) is 4.28. The molecule has 3 rings (SSSR count). The van der Waals surface area contributed by atoms with Crippen molar-refractivity contribution < 1.29 is 8.42 Å². The van der Waals surface area contributed by atoms with Gasteiger partial charge in [0.2, 0.25) is 0 Å². The number of thiophene rings is 1. The van der Waals surface area contributed by atoms with E-state index in [9.17, 15) is 8.42 Å². The van der Waals surface area contributed by atoms with Crippen LogP contribution < -0.4 is 0 Å². The predicted octanol–water partition coefficient (Wildman–Crippen LogP) is 5.13. The Morgan fingerprint density at radius 1 is 1.09 bits per heavy atom. The average molecular weight is 414 g/mol.